The molecule has 10 heteroatoms. The summed E-state index contributed by atoms with van der Waals surface area (Å²) in [5.41, 5.74) is 0.418. The first-order valence-electron chi connectivity index (χ1n) is 13.2. The number of halogens is 1. The van der Waals surface area contributed by atoms with Crippen LogP contribution in [0.3, 0.4) is 0 Å². The fraction of sp³-hybridized carbons (Fsp3) is 0.556. The molecule has 1 saturated carbocycles. The zero-order chi connectivity index (χ0) is 26.2. The SMILES string of the molecule is CCn1nccc1C(=O)N[C@H](C(=O)Nc1cc(F)c2c(c1)NC(=O)C21CCOCC1)[C@H]1CC[C@H](C)CC1. The van der Waals surface area contributed by atoms with Gasteiger partial charge in [-0.1, -0.05) is 19.8 Å². The van der Waals surface area contributed by atoms with E-state index in [4.69, 9.17) is 4.74 Å². The van der Waals surface area contributed by atoms with Gasteiger partial charge < -0.3 is 20.7 Å². The maximum absolute atomic E-state index is 15.4. The topological polar surface area (TPSA) is 114 Å². The number of ether oxygens (including phenoxy) is 1. The second-order valence-corrected chi connectivity index (χ2v) is 10.5. The van der Waals surface area contributed by atoms with Crippen molar-refractivity contribution in [2.24, 2.45) is 11.8 Å². The quantitative estimate of drug-likeness (QED) is 0.548. The third kappa shape index (κ3) is 4.74. The smallest absolute Gasteiger partial charge is 0.270 e. The highest BCUT2D eigenvalue weighted by Gasteiger charge is 2.49. The molecule has 3 heterocycles. The molecule has 1 spiro atoms. The van der Waals surface area contributed by atoms with E-state index in [1.54, 1.807) is 23.0 Å². The van der Waals surface area contributed by atoms with Gasteiger partial charge >= 0.3 is 0 Å². The molecule has 198 valence electrons. The molecule has 37 heavy (non-hydrogen) atoms. The molecule has 0 bridgehead atoms. The lowest BCUT2D eigenvalue weighted by molar-refractivity contribution is -0.124. The van der Waals surface area contributed by atoms with Gasteiger partial charge in [0.15, 0.2) is 0 Å². The van der Waals surface area contributed by atoms with Crippen LogP contribution in [0.5, 0.6) is 0 Å². The van der Waals surface area contributed by atoms with E-state index < -0.39 is 23.2 Å². The number of aromatic nitrogens is 2. The average molecular weight is 512 g/mol. The lowest BCUT2D eigenvalue weighted by Crippen LogP contribution is -2.49. The number of hydrogen-bond donors (Lipinski definition) is 3. The van der Waals surface area contributed by atoms with Crippen LogP contribution < -0.4 is 16.0 Å². The average Bonchev–Trinajstić information content (AvgIpc) is 3.46. The molecule has 0 unspecified atom stereocenters. The van der Waals surface area contributed by atoms with Crippen LogP contribution in [-0.2, 0) is 26.3 Å². The van der Waals surface area contributed by atoms with E-state index >= 15 is 4.39 Å². The number of nitrogens with zero attached hydrogens (tertiary/aromatic N) is 2. The second kappa shape index (κ2) is 10.2. The van der Waals surface area contributed by atoms with Gasteiger partial charge in [-0.2, -0.15) is 5.10 Å². The monoisotopic (exact) mass is 511 g/mol. The van der Waals surface area contributed by atoms with Gasteiger partial charge in [-0.25, -0.2) is 4.39 Å². The molecule has 2 fully saturated rings. The summed E-state index contributed by atoms with van der Waals surface area (Å²) in [7, 11) is 0. The molecule has 3 amide bonds. The zero-order valence-electron chi connectivity index (χ0n) is 21.3. The molecule has 3 N–H and O–H groups in total. The van der Waals surface area contributed by atoms with Crippen molar-refractivity contribution in [1.82, 2.24) is 15.1 Å². The Labute approximate surface area is 215 Å². The van der Waals surface area contributed by atoms with Crippen LogP contribution in [0.1, 0.15) is 68.4 Å². The van der Waals surface area contributed by atoms with E-state index in [1.807, 2.05) is 6.92 Å². The molecule has 2 aliphatic heterocycles. The Morgan fingerprint density at radius 1 is 1.24 bits per heavy atom. The summed E-state index contributed by atoms with van der Waals surface area (Å²) in [5, 5.41) is 12.7. The van der Waals surface area contributed by atoms with Crippen molar-refractivity contribution in [3.05, 3.63) is 41.5 Å². The standard InChI is InChI=1S/C27H34FN5O4/c1-3-33-21(8-11-29-33)24(34)32-23(17-6-4-16(2)5-7-17)25(35)30-18-14-19(28)22-20(15-18)31-26(36)27(22)9-12-37-13-10-27/h8,11,14-17,23H,3-7,9-10,12-13H2,1-2H3,(H,30,35)(H,31,36)(H,32,34)/t16-,17-,23-/m0/s1. The predicted molar refractivity (Wildman–Crippen MR) is 136 cm³/mol. The summed E-state index contributed by atoms with van der Waals surface area (Å²) in [6, 6.07) is 3.71. The number of benzene rings is 1. The van der Waals surface area contributed by atoms with Crippen molar-refractivity contribution in [1.29, 1.82) is 0 Å². The zero-order valence-corrected chi connectivity index (χ0v) is 21.3. The molecular weight excluding hydrogens is 477 g/mol. The Hall–Kier alpha value is -3.27. The van der Waals surface area contributed by atoms with Gasteiger partial charge in [0.2, 0.25) is 11.8 Å². The first-order chi connectivity index (χ1) is 17.8. The van der Waals surface area contributed by atoms with Gasteiger partial charge in [0.25, 0.3) is 5.91 Å². The molecule has 1 aromatic carbocycles. The van der Waals surface area contributed by atoms with Crippen LogP contribution in [0.4, 0.5) is 15.8 Å². The summed E-state index contributed by atoms with van der Waals surface area (Å²) in [5.74, 6) is -1.01. The highest BCUT2D eigenvalue weighted by molar-refractivity contribution is 6.08. The number of amides is 3. The first-order valence-corrected chi connectivity index (χ1v) is 13.2. The Kier molecular flexibility index (Phi) is 7.02. The van der Waals surface area contributed by atoms with Crippen molar-refractivity contribution < 1.29 is 23.5 Å². The predicted octanol–water partition coefficient (Wildman–Crippen LogP) is 3.61. The number of carbonyl (C=O) groups excluding carboxylic acids is 3. The number of rotatable bonds is 6. The van der Waals surface area contributed by atoms with Crippen LogP contribution in [-0.4, -0.2) is 46.8 Å². The van der Waals surface area contributed by atoms with Crippen LogP contribution in [0, 0.1) is 17.7 Å². The summed E-state index contributed by atoms with van der Waals surface area (Å²) in [4.78, 5) is 39.5. The Bertz CT molecular complexity index is 1200. The maximum atomic E-state index is 15.4. The summed E-state index contributed by atoms with van der Waals surface area (Å²) in [6.45, 7) is 5.39. The van der Waals surface area contributed by atoms with E-state index in [0.717, 1.165) is 25.7 Å². The fourth-order valence-electron chi connectivity index (χ4n) is 6.05. The highest BCUT2D eigenvalue weighted by atomic mass is 19.1. The molecule has 2 aromatic rings. The second-order valence-electron chi connectivity index (χ2n) is 10.5. The molecule has 0 radical (unpaired) electrons. The number of carbonyl (C=O) groups is 3. The van der Waals surface area contributed by atoms with Crippen LogP contribution in [0.2, 0.25) is 0 Å². The van der Waals surface area contributed by atoms with Crippen molar-refractivity contribution in [2.75, 3.05) is 23.8 Å². The Morgan fingerprint density at radius 2 is 1.97 bits per heavy atom. The minimum Gasteiger partial charge on any atom is -0.381 e. The van der Waals surface area contributed by atoms with Crippen molar-refractivity contribution in [3.63, 3.8) is 0 Å². The first kappa shape index (κ1) is 25.4. The molecule has 1 aliphatic carbocycles. The van der Waals surface area contributed by atoms with Crippen molar-refractivity contribution >= 4 is 29.1 Å². The number of hydrogen-bond acceptors (Lipinski definition) is 5. The van der Waals surface area contributed by atoms with Gasteiger partial charge in [-0.3, -0.25) is 19.1 Å². The summed E-state index contributed by atoms with van der Waals surface area (Å²) < 4.78 is 22.4. The number of aryl methyl sites for hydroxylation is 1. The van der Waals surface area contributed by atoms with Gasteiger partial charge in [0.05, 0.1) is 11.1 Å². The molecule has 9 nitrogen and oxygen atoms in total. The molecule has 1 aromatic heterocycles. The van der Waals surface area contributed by atoms with Gasteiger partial charge in [-0.05, 0) is 62.6 Å². The van der Waals surface area contributed by atoms with E-state index in [-0.39, 0.29) is 23.4 Å². The summed E-state index contributed by atoms with van der Waals surface area (Å²) in [6.07, 6.45) is 5.96. The number of nitrogens with one attached hydrogen (secondary N) is 3. The molecule has 1 atom stereocenters. The molecule has 3 aliphatic rings. The maximum Gasteiger partial charge on any atom is 0.270 e. The fourth-order valence-corrected chi connectivity index (χ4v) is 6.05. The normalized spacial score (nSPS) is 23.3. The number of fused-ring (bicyclic) bond motifs is 2. The van der Waals surface area contributed by atoms with Crippen LogP contribution >= 0.6 is 0 Å². The molecule has 5 rings (SSSR count). The van der Waals surface area contributed by atoms with E-state index in [9.17, 15) is 14.4 Å². The van der Waals surface area contributed by atoms with Gasteiger partial charge in [0, 0.05) is 37.2 Å². The minimum atomic E-state index is -0.933. The third-order valence-electron chi connectivity index (χ3n) is 8.22. The Balaban J connectivity index is 1.38. The summed E-state index contributed by atoms with van der Waals surface area (Å²) >= 11 is 0. The van der Waals surface area contributed by atoms with E-state index in [2.05, 4.69) is 28.0 Å². The minimum absolute atomic E-state index is 0.0392. The van der Waals surface area contributed by atoms with Crippen LogP contribution in [0.25, 0.3) is 0 Å². The van der Waals surface area contributed by atoms with Gasteiger partial charge in [0.1, 0.15) is 17.6 Å². The van der Waals surface area contributed by atoms with Gasteiger partial charge in [-0.15, -0.1) is 0 Å². The highest BCUT2D eigenvalue weighted by Crippen LogP contribution is 2.47. The molecule has 1 saturated heterocycles. The third-order valence-corrected chi connectivity index (χ3v) is 8.22. The van der Waals surface area contributed by atoms with E-state index in [1.165, 1.54) is 6.07 Å². The molecular formula is C27H34FN5O4. The van der Waals surface area contributed by atoms with E-state index in [0.29, 0.717) is 55.5 Å². The lowest BCUT2D eigenvalue weighted by atomic mass is 9.75. The van der Waals surface area contributed by atoms with Crippen molar-refractivity contribution in [3.8, 4) is 0 Å². The largest absolute Gasteiger partial charge is 0.381 e. The van der Waals surface area contributed by atoms with Crippen molar-refractivity contribution in [2.45, 2.75) is 70.4 Å². The lowest BCUT2D eigenvalue weighted by Gasteiger charge is -2.32. The Morgan fingerprint density at radius 3 is 2.68 bits per heavy atom. The van der Waals surface area contributed by atoms with Crippen LogP contribution in [0.15, 0.2) is 24.4 Å². The number of anilines is 2.